The maximum atomic E-state index is 11.4. The molecule has 2 rings (SSSR count). The molecule has 0 amide bonds. The van der Waals surface area contributed by atoms with E-state index < -0.39 is 0 Å². The first-order valence-electron chi connectivity index (χ1n) is 5.06. The lowest BCUT2D eigenvalue weighted by atomic mass is 10.1. The Morgan fingerprint density at radius 1 is 0.933 bits per heavy atom. The van der Waals surface area contributed by atoms with Crippen molar-refractivity contribution in [1.29, 1.82) is 0 Å². The molecule has 0 fully saturated rings. The monoisotopic (exact) mass is 199 g/mol. The standard InChI is InChI=1S/C13H13NO/c15-13-8-4-5-10-14(13)11-9-12-6-2-1-3-7-12/h1-8,10H,9,11H2. The molecule has 1 aromatic heterocycles. The molecule has 0 spiro atoms. The minimum Gasteiger partial charge on any atom is -0.315 e. The van der Waals surface area contributed by atoms with Crippen molar-refractivity contribution in [3.63, 3.8) is 0 Å². The zero-order valence-electron chi connectivity index (χ0n) is 8.47. The largest absolute Gasteiger partial charge is 0.315 e. The van der Waals surface area contributed by atoms with Gasteiger partial charge >= 0.3 is 0 Å². The molecule has 0 saturated carbocycles. The fourth-order valence-corrected chi connectivity index (χ4v) is 1.54. The summed E-state index contributed by atoms with van der Waals surface area (Å²) < 4.78 is 1.73. The van der Waals surface area contributed by atoms with Crippen molar-refractivity contribution in [2.45, 2.75) is 13.0 Å². The lowest BCUT2D eigenvalue weighted by molar-refractivity contribution is 0.669. The highest BCUT2D eigenvalue weighted by molar-refractivity contribution is 5.14. The summed E-state index contributed by atoms with van der Waals surface area (Å²) in [6.45, 7) is 0.740. The fraction of sp³-hybridized carbons (Fsp3) is 0.154. The van der Waals surface area contributed by atoms with Crippen LogP contribution in [0, 0.1) is 0 Å². The molecule has 0 unspecified atom stereocenters. The zero-order chi connectivity index (χ0) is 10.5. The normalized spacial score (nSPS) is 10.1. The third-order valence-electron chi connectivity index (χ3n) is 2.38. The fourth-order valence-electron chi connectivity index (χ4n) is 1.54. The smallest absolute Gasteiger partial charge is 0.250 e. The minimum absolute atomic E-state index is 0.0634. The Balaban J connectivity index is 2.06. The maximum Gasteiger partial charge on any atom is 0.250 e. The van der Waals surface area contributed by atoms with E-state index in [4.69, 9.17) is 0 Å². The molecule has 0 atom stereocenters. The molecule has 76 valence electrons. The van der Waals surface area contributed by atoms with Gasteiger partial charge in [-0.15, -0.1) is 0 Å². The molecular weight excluding hydrogens is 186 g/mol. The lowest BCUT2D eigenvalue weighted by Gasteiger charge is -2.04. The number of hydrogen-bond acceptors (Lipinski definition) is 1. The van der Waals surface area contributed by atoms with Crippen LogP contribution in [0.3, 0.4) is 0 Å². The van der Waals surface area contributed by atoms with Gasteiger partial charge in [0.05, 0.1) is 0 Å². The summed E-state index contributed by atoms with van der Waals surface area (Å²) in [5.74, 6) is 0. The second kappa shape index (κ2) is 4.60. The summed E-state index contributed by atoms with van der Waals surface area (Å²) in [6, 6.07) is 15.4. The molecule has 0 aliphatic carbocycles. The van der Waals surface area contributed by atoms with Gasteiger partial charge in [0.15, 0.2) is 0 Å². The summed E-state index contributed by atoms with van der Waals surface area (Å²) >= 11 is 0. The van der Waals surface area contributed by atoms with Gasteiger partial charge in [0.25, 0.3) is 5.56 Å². The average Bonchev–Trinajstić information content (AvgIpc) is 2.29. The number of benzene rings is 1. The minimum atomic E-state index is 0.0634. The molecule has 2 heteroatoms. The van der Waals surface area contributed by atoms with Crippen LogP contribution in [0.5, 0.6) is 0 Å². The molecule has 0 aliphatic rings. The molecule has 2 nitrogen and oxygen atoms in total. The van der Waals surface area contributed by atoms with Crippen LogP contribution in [0.4, 0.5) is 0 Å². The second-order valence-corrected chi connectivity index (χ2v) is 3.47. The van der Waals surface area contributed by atoms with Gasteiger partial charge in [-0.25, -0.2) is 0 Å². The van der Waals surface area contributed by atoms with E-state index in [0.717, 1.165) is 13.0 Å². The van der Waals surface area contributed by atoms with E-state index in [1.165, 1.54) is 5.56 Å². The van der Waals surface area contributed by atoms with Gasteiger partial charge in [-0.05, 0) is 18.1 Å². The van der Waals surface area contributed by atoms with Gasteiger partial charge in [-0.1, -0.05) is 36.4 Å². The van der Waals surface area contributed by atoms with Crippen LogP contribution in [0.25, 0.3) is 0 Å². The SMILES string of the molecule is O=c1ccccn1CCc1ccccc1. The van der Waals surface area contributed by atoms with Crippen LogP contribution >= 0.6 is 0 Å². The van der Waals surface area contributed by atoms with Crippen LogP contribution in [-0.4, -0.2) is 4.57 Å². The Labute approximate surface area is 88.8 Å². The summed E-state index contributed by atoms with van der Waals surface area (Å²) in [4.78, 5) is 11.4. The Hall–Kier alpha value is -1.83. The van der Waals surface area contributed by atoms with E-state index >= 15 is 0 Å². The van der Waals surface area contributed by atoms with E-state index in [-0.39, 0.29) is 5.56 Å². The van der Waals surface area contributed by atoms with E-state index in [2.05, 4.69) is 12.1 Å². The number of pyridine rings is 1. The number of aromatic nitrogens is 1. The molecule has 0 aliphatic heterocycles. The zero-order valence-corrected chi connectivity index (χ0v) is 8.47. The van der Waals surface area contributed by atoms with Crippen molar-refractivity contribution >= 4 is 0 Å². The van der Waals surface area contributed by atoms with Crippen molar-refractivity contribution in [3.8, 4) is 0 Å². The summed E-state index contributed by atoms with van der Waals surface area (Å²) in [5.41, 5.74) is 1.32. The molecule has 0 radical (unpaired) electrons. The van der Waals surface area contributed by atoms with Gasteiger partial charge in [0.1, 0.15) is 0 Å². The Bertz CT molecular complexity index is 473. The van der Waals surface area contributed by atoms with Crippen molar-refractivity contribution < 1.29 is 0 Å². The molecule has 2 aromatic rings. The molecule has 0 bridgehead atoms. The number of nitrogens with zero attached hydrogens (tertiary/aromatic N) is 1. The van der Waals surface area contributed by atoms with Crippen LogP contribution in [0.15, 0.2) is 59.5 Å². The van der Waals surface area contributed by atoms with Crippen LogP contribution in [-0.2, 0) is 13.0 Å². The topological polar surface area (TPSA) is 22.0 Å². The third-order valence-corrected chi connectivity index (χ3v) is 2.38. The lowest BCUT2D eigenvalue weighted by Crippen LogP contribution is -2.18. The second-order valence-electron chi connectivity index (χ2n) is 3.47. The predicted octanol–water partition coefficient (Wildman–Crippen LogP) is 2.09. The highest BCUT2D eigenvalue weighted by Crippen LogP contribution is 2.00. The van der Waals surface area contributed by atoms with Crippen molar-refractivity contribution in [1.82, 2.24) is 4.57 Å². The molecule has 0 saturated heterocycles. The predicted molar refractivity (Wildman–Crippen MR) is 60.8 cm³/mol. The van der Waals surface area contributed by atoms with Crippen LogP contribution in [0.1, 0.15) is 5.56 Å². The molecule has 15 heavy (non-hydrogen) atoms. The van der Waals surface area contributed by atoms with Gasteiger partial charge in [0.2, 0.25) is 0 Å². The van der Waals surface area contributed by atoms with Crippen molar-refractivity contribution in [2.24, 2.45) is 0 Å². The first-order valence-corrected chi connectivity index (χ1v) is 5.06. The third kappa shape index (κ3) is 2.56. The van der Waals surface area contributed by atoms with Crippen molar-refractivity contribution in [2.75, 3.05) is 0 Å². The van der Waals surface area contributed by atoms with Gasteiger partial charge in [0, 0.05) is 18.8 Å². The molecular formula is C13H13NO. The quantitative estimate of drug-likeness (QED) is 0.742. The summed E-state index contributed by atoms with van der Waals surface area (Å²) in [5, 5.41) is 0. The average molecular weight is 199 g/mol. The van der Waals surface area contributed by atoms with Gasteiger partial charge in [-0.3, -0.25) is 4.79 Å². The number of aryl methyl sites for hydroxylation is 2. The summed E-state index contributed by atoms with van der Waals surface area (Å²) in [6.07, 6.45) is 2.72. The highest BCUT2D eigenvalue weighted by atomic mass is 16.1. The highest BCUT2D eigenvalue weighted by Gasteiger charge is 1.94. The first kappa shape index (κ1) is 9.71. The van der Waals surface area contributed by atoms with Crippen molar-refractivity contribution in [3.05, 3.63) is 70.6 Å². The van der Waals surface area contributed by atoms with Crippen LogP contribution in [0.2, 0.25) is 0 Å². The number of hydrogen-bond donors (Lipinski definition) is 0. The van der Waals surface area contributed by atoms with E-state index in [9.17, 15) is 4.79 Å². The first-order chi connectivity index (χ1) is 7.36. The molecule has 1 aromatic carbocycles. The summed E-state index contributed by atoms with van der Waals surface area (Å²) in [7, 11) is 0. The van der Waals surface area contributed by atoms with Crippen LogP contribution < -0.4 is 5.56 Å². The molecule has 0 N–H and O–H groups in total. The molecule has 1 heterocycles. The Kier molecular flexibility index (Phi) is 2.98. The van der Waals surface area contributed by atoms with Gasteiger partial charge in [-0.2, -0.15) is 0 Å². The number of rotatable bonds is 3. The maximum absolute atomic E-state index is 11.4. The van der Waals surface area contributed by atoms with E-state index in [0.29, 0.717) is 0 Å². The van der Waals surface area contributed by atoms with E-state index in [1.807, 2.05) is 30.5 Å². The Morgan fingerprint density at radius 3 is 2.40 bits per heavy atom. The van der Waals surface area contributed by atoms with Gasteiger partial charge < -0.3 is 4.57 Å². The Morgan fingerprint density at radius 2 is 1.67 bits per heavy atom. The van der Waals surface area contributed by atoms with E-state index in [1.54, 1.807) is 16.7 Å².